The first-order valence-electron chi connectivity index (χ1n) is 8.10. The first-order chi connectivity index (χ1) is 12.6. The SMILES string of the molecule is COc1cccc(CN(C)C(=O)CSCc2ccccc2C#N)c1OC. The van der Waals surface area contributed by atoms with Crippen molar-refractivity contribution in [3.05, 3.63) is 59.2 Å². The number of rotatable bonds is 8. The Morgan fingerprint density at radius 1 is 1.12 bits per heavy atom. The van der Waals surface area contributed by atoms with Gasteiger partial charge in [-0.05, 0) is 17.7 Å². The minimum absolute atomic E-state index is 0.0225. The summed E-state index contributed by atoms with van der Waals surface area (Å²) in [5.41, 5.74) is 2.49. The van der Waals surface area contributed by atoms with Crippen LogP contribution in [0.25, 0.3) is 0 Å². The molecule has 0 aliphatic carbocycles. The van der Waals surface area contributed by atoms with Crippen LogP contribution in [0.1, 0.15) is 16.7 Å². The molecule has 6 heteroatoms. The van der Waals surface area contributed by atoms with E-state index in [4.69, 9.17) is 14.7 Å². The molecule has 0 aliphatic heterocycles. The van der Waals surface area contributed by atoms with E-state index in [2.05, 4.69) is 6.07 Å². The van der Waals surface area contributed by atoms with Crippen molar-refractivity contribution >= 4 is 17.7 Å². The van der Waals surface area contributed by atoms with Gasteiger partial charge >= 0.3 is 0 Å². The maximum atomic E-state index is 12.4. The smallest absolute Gasteiger partial charge is 0.232 e. The summed E-state index contributed by atoms with van der Waals surface area (Å²) in [6.07, 6.45) is 0. The number of carbonyl (C=O) groups excluding carboxylic acids is 1. The number of benzene rings is 2. The van der Waals surface area contributed by atoms with Gasteiger partial charge in [-0.1, -0.05) is 30.3 Å². The Morgan fingerprint density at radius 3 is 2.54 bits per heavy atom. The molecule has 0 saturated carbocycles. The number of thioether (sulfide) groups is 1. The van der Waals surface area contributed by atoms with E-state index in [1.54, 1.807) is 32.2 Å². The first-order valence-corrected chi connectivity index (χ1v) is 9.25. The lowest BCUT2D eigenvalue weighted by atomic mass is 10.1. The largest absolute Gasteiger partial charge is 0.493 e. The molecule has 136 valence electrons. The fraction of sp³-hybridized carbons (Fsp3) is 0.300. The molecule has 0 spiro atoms. The molecule has 5 nitrogen and oxygen atoms in total. The van der Waals surface area contributed by atoms with Crippen LogP contribution < -0.4 is 9.47 Å². The number of nitrogens with zero attached hydrogens (tertiary/aromatic N) is 2. The second-order valence-corrected chi connectivity index (χ2v) is 6.65. The standard InChI is InChI=1S/C20H22N2O3S/c1-22(12-16-9-6-10-18(24-2)20(16)25-3)19(23)14-26-13-17-8-5-4-7-15(17)11-21/h4-10H,12-14H2,1-3H3. The van der Waals surface area contributed by atoms with Crippen molar-refractivity contribution in [3.8, 4) is 17.6 Å². The van der Waals surface area contributed by atoms with Gasteiger partial charge in [0.2, 0.25) is 5.91 Å². The summed E-state index contributed by atoms with van der Waals surface area (Å²) in [6, 6.07) is 15.3. The average molecular weight is 370 g/mol. The highest BCUT2D eigenvalue weighted by Crippen LogP contribution is 2.31. The predicted molar refractivity (Wildman–Crippen MR) is 103 cm³/mol. The van der Waals surface area contributed by atoms with Crippen LogP contribution in [0, 0.1) is 11.3 Å². The van der Waals surface area contributed by atoms with E-state index in [0.29, 0.717) is 35.1 Å². The minimum Gasteiger partial charge on any atom is -0.493 e. The van der Waals surface area contributed by atoms with Crippen LogP contribution in [-0.4, -0.2) is 37.8 Å². The summed E-state index contributed by atoms with van der Waals surface area (Å²) in [7, 11) is 4.95. The topological polar surface area (TPSA) is 62.6 Å². The van der Waals surface area contributed by atoms with Gasteiger partial charge in [-0.15, -0.1) is 11.8 Å². The number of nitriles is 1. The number of hydrogen-bond donors (Lipinski definition) is 0. The third-order valence-electron chi connectivity index (χ3n) is 3.94. The Bertz CT molecular complexity index is 802. The molecule has 0 heterocycles. The van der Waals surface area contributed by atoms with Gasteiger partial charge in [0, 0.05) is 24.9 Å². The lowest BCUT2D eigenvalue weighted by Crippen LogP contribution is -2.28. The summed E-state index contributed by atoms with van der Waals surface area (Å²) in [5.74, 6) is 2.29. The van der Waals surface area contributed by atoms with Gasteiger partial charge in [0.15, 0.2) is 11.5 Å². The van der Waals surface area contributed by atoms with Crippen molar-refractivity contribution in [1.82, 2.24) is 4.90 Å². The van der Waals surface area contributed by atoms with Gasteiger partial charge in [-0.25, -0.2) is 0 Å². The highest BCUT2D eigenvalue weighted by atomic mass is 32.2. The second-order valence-electron chi connectivity index (χ2n) is 5.66. The number of para-hydroxylation sites is 1. The van der Waals surface area contributed by atoms with Crippen LogP contribution in [0.2, 0.25) is 0 Å². The number of amides is 1. The van der Waals surface area contributed by atoms with E-state index < -0.39 is 0 Å². The molecule has 1 amide bonds. The van der Waals surface area contributed by atoms with Crippen LogP contribution in [0.3, 0.4) is 0 Å². The van der Waals surface area contributed by atoms with Gasteiger partial charge in [-0.2, -0.15) is 5.26 Å². The Hall–Kier alpha value is -2.65. The molecule has 0 saturated heterocycles. The Labute approximate surface area is 158 Å². The Balaban J connectivity index is 1.93. The molecular weight excluding hydrogens is 348 g/mol. The molecule has 26 heavy (non-hydrogen) atoms. The summed E-state index contributed by atoms with van der Waals surface area (Å²) in [5, 5.41) is 9.11. The average Bonchev–Trinajstić information content (AvgIpc) is 2.67. The molecule has 0 N–H and O–H groups in total. The van der Waals surface area contributed by atoms with Gasteiger partial charge < -0.3 is 14.4 Å². The first kappa shape index (κ1) is 19.7. The normalized spacial score (nSPS) is 10.1. The van der Waals surface area contributed by atoms with Crippen molar-refractivity contribution in [3.63, 3.8) is 0 Å². The molecule has 0 aliphatic rings. The summed E-state index contributed by atoms with van der Waals surface area (Å²) in [6.45, 7) is 0.439. The van der Waals surface area contributed by atoms with Crippen molar-refractivity contribution < 1.29 is 14.3 Å². The van der Waals surface area contributed by atoms with Crippen molar-refractivity contribution in [1.29, 1.82) is 5.26 Å². The maximum absolute atomic E-state index is 12.4. The maximum Gasteiger partial charge on any atom is 0.232 e. The molecule has 0 fully saturated rings. The van der Waals surface area contributed by atoms with E-state index >= 15 is 0 Å². The highest BCUT2D eigenvalue weighted by Gasteiger charge is 2.15. The van der Waals surface area contributed by atoms with Gasteiger partial charge in [0.25, 0.3) is 0 Å². The van der Waals surface area contributed by atoms with Crippen molar-refractivity contribution in [2.75, 3.05) is 27.0 Å². The van der Waals surface area contributed by atoms with E-state index in [9.17, 15) is 4.79 Å². The fourth-order valence-corrected chi connectivity index (χ4v) is 3.50. The molecule has 2 rings (SSSR count). The molecule has 0 bridgehead atoms. The van der Waals surface area contributed by atoms with Crippen LogP contribution in [0.15, 0.2) is 42.5 Å². The van der Waals surface area contributed by atoms with Crippen molar-refractivity contribution in [2.45, 2.75) is 12.3 Å². The fourth-order valence-electron chi connectivity index (χ4n) is 2.54. The monoisotopic (exact) mass is 370 g/mol. The quantitative estimate of drug-likeness (QED) is 0.712. The molecule has 0 aromatic heterocycles. The zero-order valence-corrected chi connectivity index (χ0v) is 16.0. The van der Waals surface area contributed by atoms with E-state index in [1.807, 2.05) is 36.4 Å². The van der Waals surface area contributed by atoms with E-state index in [1.165, 1.54) is 11.8 Å². The molecule has 2 aromatic rings. The number of carbonyl (C=O) groups is 1. The lowest BCUT2D eigenvalue weighted by Gasteiger charge is -2.20. The number of methoxy groups -OCH3 is 2. The zero-order chi connectivity index (χ0) is 18.9. The molecule has 0 atom stereocenters. The summed E-state index contributed by atoms with van der Waals surface area (Å²) in [4.78, 5) is 14.1. The second kappa shape index (κ2) is 9.73. The predicted octanol–water partition coefficient (Wildman–Crippen LogP) is 3.47. The van der Waals surface area contributed by atoms with Crippen molar-refractivity contribution in [2.24, 2.45) is 0 Å². The van der Waals surface area contributed by atoms with Crippen LogP contribution in [0.4, 0.5) is 0 Å². The highest BCUT2D eigenvalue weighted by molar-refractivity contribution is 7.99. The lowest BCUT2D eigenvalue weighted by molar-refractivity contribution is -0.127. The number of ether oxygens (including phenoxy) is 2. The molecular formula is C20H22N2O3S. The van der Waals surface area contributed by atoms with Crippen LogP contribution >= 0.6 is 11.8 Å². The van der Waals surface area contributed by atoms with Crippen LogP contribution in [-0.2, 0) is 17.1 Å². The molecule has 0 unspecified atom stereocenters. The third kappa shape index (κ3) is 4.93. The van der Waals surface area contributed by atoms with E-state index in [-0.39, 0.29) is 5.91 Å². The summed E-state index contributed by atoms with van der Waals surface area (Å²) >= 11 is 1.50. The van der Waals surface area contributed by atoms with Gasteiger partial charge in [0.05, 0.1) is 31.6 Å². The van der Waals surface area contributed by atoms with Gasteiger partial charge in [-0.3, -0.25) is 4.79 Å². The minimum atomic E-state index is 0.0225. The van der Waals surface area contributed by atoms with Gasteiger partial charge in [0.1, 0.15) is 0 Å². The molecule has 0 radical (unpaired) electrons. The zero-order valence-electron chi connectivity index (χ0n) is 15.2. The third-order valence-corrected chi connectivity index (χ3v) is 4.90. The molecule has 2 aromatic carbocycles. The number of hydrogen-bond acceptors (Lipinski definition) is 5. The van der Waals surface area contributed by atoms with E-state index in [0.717, 1.165) is 11.1 Å². The Morgan fingerprint density at radius 2 is 1.85 bits per heavy atom. The van der Waals surface area contributed by atoms with Crippen LogP contribution in [0.5, 0.6) is 11.5 Å². The Kier molecular flexibility index (Phi) is 7.37. The summed E-state index contributed by atoms with van der Waals surface area (Å²) < 4.78 is 10.7.